The van der Waals surface area contributed by atoms with Crippen molar-refractivity contribution < 1.29 is 0 Å². The van der Waals surface area contributed by atoms with Gasteiger partial charge >= 0.3 is 0 Å². The van der Waals surface area contributed by atoms with Gasteiger partial charge in [0.15, 0.2) is 0 Å². The van der Waals surface area contributed by atoms with E-state index in [4.69, 9.17) is 11.0 Å². The Morgan fingerprint density at radius 1 is 1.00 bits per heavy atom. The molecular weight excluding hydrogens is 330 g/mol. The van der Waals surface area contributed by atoms with Gasteiger partial charge in [-0.05, 0) is 48.1 Å². The van der Waals surface area contributed by atoms with Gasteiger partial charge in [-0.25, -0.2) is 0 Å². The van der Waals surface area contributed by atoms with E-state index in [1.807, 2.05) is 38.1 Å². The molecule has 0 saturated carbocycles. The van der Waals surface area contributed by atoms with Crippen LogP contribution < -0.4 is 11.1 Å². The van der Waals surface area contributed by atoms with Crippen molar-refractivity contribution in [1.29, 1.82) is 5.26 Å². The van der Waals surface area contributed by atoms with Crippen LogP contribution in [0.1, 0.15) is 45.2 Å². The minimum atomic E-state index is 0.265. The third-order valence-corrected chi connectivity index (χ3v) is 4.34. The van der Waals surface area contributed by atoms with E-state index in [-0.39, 0.29) is 12.0 Å². The Labute approximate surface area is 164 Å². The highest BCUT2D eigenvalue weighted by Crippen LogP contribution is 2.22. The molecule has 1 unspecified atom stereocenters. The van der Waals surface area contributed by atoms with Crippen LogP contribution in [0.4, 0.5) is 0 Å². The number of nitrogens with two attached hydrogens (primary N) is 1. The van der Waals surface area contributed by atoms with E-state index in [1.165, 1.54) is 0 Å². The van der Waals surface area contributed by atoms with E-state index < -0.39 is 0 Å². The first kappa shape index (κ1) is 22.1. The molecule has 0 spiro atoms. The Bertz CT molecular complexity index is 780. The number of hydrogen-bond donors (Lipinski definition) is 2. The van der Waals surface area contributed by atoms with Crippen LogP contribution in [0.3, 0.4) is 0 Å². The molecule has 3 N–H and O–H groups in total. The summed E-state index contributed by atoms with van der Waals surface area (Å²) in [6, 6.07) is 18.2. The van der Waals surface area contributed by atoms with Gasteiger partial charge in [0.2, 0.25) is 0 Å². The molecule has 2 aromatic carbocycles. The normalized spacial score (nSPS) is 12.0. The Morgan fingerprint density at radius 2 is 1.48 bits per heavy atom. The lowest BCUT2D eigenvalue weighted by Crippen LogP contribution is -2.27. The molecule has 0 heterocycles. The monoisotopic (exact) mass is 361 g/mol. The fraction of sp³-hybridized carbons (Fsp3) is 0.292. The summed E-state index contributed by atoms with van der Waals surface area (Å²) in [4.78, 5) is 0. The number of nitrogens with zero attached hydrogens (tertiary/aromatic N) is 1. The maximum atomic E-state index is 8.87. The molecule has 0 aliphatic carbocycles. The molecular formula is C24H31N3. The van der Waals surface area contributed by atoms with Crippen molar-refractivity contribution >= 4 is 5.70 Å². The molecule has 0 aromatic heterocycles. The zero-order valence-electron chi connectivity index (χ0n) is 16.9. The molecule has 2 aromatic rings. The SMILES string of the molecule is C=C(NC(C)C[C@@H](C)C(=C)N)c1ccc(-c2ccc(C#N)cc2)cc1.CC. The lowest BCUT2D eigenvalue weighted by Gasteiger charge is -2.21. The van der Waals surface area contributed by atoms with Gasteiger partial charge in [0, 0.05) is 17.4 Å². The van der Waals surface area contributed by atoms with Gasteiger partial charge in [0.05, 0.1) is 11.6 Å². The van der Waals surface area contributed by atoms with E-state index in [1.54, 1.807) is 0 Å². The summed E-state index contributed by atoms with van der Waals surface area (Å²) >= 11 is 0. The molecule has 0 aliphatic rings. The Morgan fingerprint density at radius 3 is 1.93 bits per heavy atom. The van der Waals surface area contributed by atoms with Gasteiger partial charge < -0.3 is 11.1 Å². The zero-order chi connectivity index (χ0) is 20.4. The molecule has 27 heavy (non-hydrogen) atoms. The van der Waals surface area contributed by atoms with Crippen molar-refractivity contribution in [2.45, 2.75) is 40.2 Å². The molecule has 3 nitrogen and oxygen atoms in total. The summed E-state index contributed by atoms with van der Waals surface area (Å²) in [6.07, 6.45) is 0.914. The first-order chi connectivity index (χ1) is 12.9. The molecule has 0 bridgehead atoms. The van der Waals surface area contributed by atoms with Crippen molar-refractivity contribution in [3.63, 3.8) is 0 Å². The number of rotatable bonds is 7. The molecule has 142 valence electrons. The average Bonchev–Trinajstić information content (AvgIpc) is 2.69. The van der Waals surface area contributed by atoms with Crippen LogP contribution in [0.15, 0.2) is 67.4 Å². The van der Waals surface area contributed by atoms with Crippen molar-refractivity contribution in [3.05, 3.63) is 78.5 Å². The second kappa shape index (κ2) is 10.9. The van der Waals surface area contributed by atoms with Crippen LogP contribution in [0.5, 0.6) is 0 Å². The number of nitrogens with one attached hydrogen (secondary N) is 1. The number of nitriles is 1. The summed E-state index contributed by atoms with van der Waals surface area (Å²) in [5.74, 6) is 0.272. The molecule has 0 aliphatic heterocycles. The molecule has 3 heteroatoms. The number of benzene rings is 2. The fourth-order valence-corrected chi connectivity index (χ4v) is 2.72. The van der Waals surface area contributed by atoms with Gasteiger partial charge in [0.1, 0.15) is 0 Å². The lowest BCUT2D eigenvalue weighted by atomic mass is 9.99. The van der Waals surface area contributed by atoms with E-state index >= 15 is 0 Å². The summed E-state index contributed by atoms with van der Waals surface area (Å²) < 4.78 is 0. The van der Waals surface area contributed by atoms with Crippen LogP contribution in [-0.4, -0.2) is 6.04 Å². The third-order valence-electron chi connectivity index (χ3n) is 4.34. The van der Waals surface area contributed by atoms with E-state index in [9.17, 15) is 0 Å². The molecule has 0 radical (unpaired) electrons. The minimum Gasteiger partial charge on any atom is -0.402 e. The second-order valence-corrected chi connectivity index (χ2v) is 6.50. The maximum absolute atomic E-state index is 8.87. The Kier molecular flexibility index (Phi) is 8.89. The molecule has 2 rings (SSSR count). The Balaban J connectivity index is 0.00000176. The maximum Gasteiger partial charge on any atom is 0.0991 e. The first-order valence-electron chi connectivity index (χ1n) is 9.41. The summed E-state index contributed by atoms with van der Waals surface area (Å²) in [5.41, 5.74) is 11.3. The lowest BCUT2D eigenvalue weighted by molar-refractivity contribution is 0.500. The smallest absolute Gasteiger partial charge is 0.0991 e. The predicted molar refractivity (Wildman–Crippen MR) is 117 cm³/mol. The van der Waals surface area contributed by atoms with Crippen molar-refractivity contribution in [1.82, 2.24) is 5.32 Å². The Hall–Kier alpha value is -2.99. The van der Waals surface area contributed by atoms with Crippen LogP contribution in [0, 0.1) is 17.2 Å². The third kappa shape index (κ3) is 6.67. The van der Waals surface area contributed by atoms with Crippen LogP contribution in [0.2, 0.25) is 0 Å². The van der Waals surface area contributed by atoms with Gasteiger partial charge in [-0.1, -0.05) is 70.3 Å². The average molecular weight is 362 g/mol. The first-order valence-corrected chi connectivity index (χ1v) is 9.41. The standard InChI is InChI=1S/C22H25N3.C2H6/c1-15(17(3)24)13-16(2)25-18(4)20-9-11-22(12-10-20)21-7-5-19(14-23)6-8-21;1-2/h5-12,15-16,25H,3-4,13,24H2,1-2H3;1-2H3/t15-,16?;/m1./s1. The van der Waals surface area contributed by atoms with E-state index in [0.717, 1.165) is 28.8 Å². The van der Waals surface area contributed by atoms with Gasteiger partial charge in [0.25, 0.3) is 0 Å². The van der Waals surface area contributed by atoms with Gasteiger partial charge in [-0.3, -0.25) is 0 Å². The largest absolute Gasteiger partial charge is 0.402 e. The van der Waals surface area contributed by atoms with Crippen molar-refractivity contribution in [3.8, 4) is 17.2 Å². The summed E-state index contributed by atoms with van der Waals surface area (Å²) in [7, 11) is 0. The minimum absolute atomic E-state index is 0.265. The second-order valence-electron chi connectivity index (χ2n) is 6.50. The highest BCUT2D eigenvalue weighted by atomic mass is 14.9. The molecule has 0 amide bonds. The van der Waals surface area contributed by atoms with Crippen molar-refractivity contribution in [2.24, 2.45) is 11.7 Å². The van der Waals surface area contributed by atoms with Crippen LogP contribution in [0.25, 0.3) is 16.8 Å². The fourth-order valence-electron chi connectivity index (χ4n) is 2.72. The molecule has 0 fully saturated rings. The van der Waals surface area contributed by atoms with Gasteiger partial charge in [-0.15, -0.1) is 0 Å². The summed E-state index contributed by atoms with van der Waals surface area (Å²) in [5, 5.41) is 12.3. The van der Waals surface area contributed by atoms with Crippen molar-refractivity contribution in [2.75, 3.05) is 0 Å². The zero-order valence-corrected chi connectivity index (χ0v) is 16.9. The van der Waals surface area contributed by atoms with E-state index in [0.29, 0.717) is 11.3 Å². The number of allylic oxidation sites excluding steroid dienone is 1. The topological polar surface area (TPSA) is 61.8 Å². The van der Waals surface area contributed by atoms with Gasteiger partial charge in [-0.2, -0.15) is 5.26 Å². The van der Waals surface area contributed by atoms with E-state index in [2.05, 4.69) is 62.7 Å². The molecule has 2 atom stereocenters. The van der Waals surface area contributed by atoms with Crippen LogP contribution in [-0.2, 0) is 0 Å². The number of hydrogen-bond acceptors (Lipinski definition) is 3. The quantitative estimate of drug-likeness (QED) is 0.665. The van der Waals surface area contributed by atoms with Crippen LogP contribution >= 0.6 is 0 Å². The predicted octanol–water partition coefficient (Wildman–Crippen LogP) is 5.70. The molecule has 0 saturated heterocycles. The summed E-state index contributed by atoms with van der Waals surface area (Å²) in [6.45, 7) is 16.1. The highest BCUT2D eigenvalue weighted by Gasteiger charge is 2.11. The highest BCUT2D eigenvalue weighted by molar-refractivity contribution is 5.69.